The number of carbonyl (C=O) groups is 2. The third kappa shape index (κ3) is 8.35. The first kappa shape index (κ1) is 31.6. The Hall–Kier alpha value is -5.36. The number of methoxy groups -OCH3 is 2. The number of nitrogens with one attached hydrogen (secondary N) is 2. The Bertz CT molecular complexity index is 1710. The molecule has 0 fully saturated rings. The minimum Gasteiger partial charge on any atom is -0.497 e. The summed E-state index contributed by atoms with van der Waals surface area (Å²) in [4.78, 5) is 25.1. The van der Waals surface area contributed by atoms with Crippen LogP contribution in [0.1, 0.15) is 11.1 Å². The Balaban J connectivity index is 1.41. The minimum absolute atomic E-state index is 0.0112. The van der Waals surface area contributed by atoms with Crippen molar-refractivity contribution in [2.24, 2.45) is 5.10 Å². The number of nitrogens with zero attached hydrogens (tertiary/aromatic N) is 2. The van der Waals surface area contributed by atoms with Gasteiger partial charge < -0.3 is 19.5 Å². The molecule has 11 nitrogen and oxygen atoms in total. The predicted octanol–water partition coefficient (Wildman–Crippen LogP) is 4.38. The Morgan fingerprint density at radius 2 is 1.52 bits per heavy atom. The number of anilines is 2. The molecular formula is C32H32N4O7S. The molecule has 0 aliphatic carbocycles. The molecule has 4 aromatic carbocycles. The van der Waals surface area contributed by atoms with E-state index in [0.717, 1.165) is 9.87 Å². The summed E-state index contributed by atoms with van der Waals surface area (Å²) in [5.74, 6) is 0.157. The average Bonchev–Trinajstić information content (AvgIpc) is 3.03. The Labute approximate surface area is 256 Å². The summed E-state index contributed by atoms with van der Waals surface area (Å²) in [6, 6.07) is 26.7. The zero-order valence-corrected chi connectivity index (χ0v) is 25.2. The fraction of sp³-hybridized carbons (Fsp3) is 0.156. The lowest BCUT2D eigenvalue weighted by Gasteiger charge is -2.25. The van der Waals surface area contributed by atoms with Gasteiger partial charge in [-0.2, -0.15) is 5.10 Å². The Kier molecular flexibility index (Phi) is 10.5. The molecule has 0 spiro atoms. The lowest BCUT2D eigenvalue weighted by atomic mass is 10.2. The molecule has 228 valence electrons. The van der Waals surface area contributed by atoms with E-state index in [1.54, 1.807) is 54.6 Å². The molecule has 4 rings (SSSR count). The van der Waals surface area contributed by atoms with E-state index in [4.69, 9.17) is 14.2 Å². The number of hydrazone groups is 1. The van der Waals surface area contributed by atoms with E-state index in [1.807, 2.05) is 25.1 Å². The van der Waals surface area contributed by atoms with Crippen molar-refractivity contribution in [2.45, 2.75) is 11.8 Å². The van der Waals surface area contributed by atoms with Gasteiger partial charge in [-0.05, 0) is 73.2 Å². The van der Waals surface area contributed by atoms with Gasteiger partial charge in [0, 0.05) is 11.8 Å². The van der Waals surface area contributed by atoms with Crippen molar-refractivity contribution in [1.29, 1.82) is 0 Å². The van der Waals surface area contributed by atoms with Gasteiger partial charge in [-0.25, -0.2) is 13.8 Å². The monoisotopic (exact) mass is 616 g/mol. The number of ether oxygens (including phenoxy) is 3. The molecule has 2 amide bonds. The van der Waals surface area contributed by atoms with Gasteiger partial charge >= 0.3 is 0 Å². The van der Waals surface area contributed by atoms with E-state index in [1.165, 1.54) is 44.7 Å². The van der Waals surface area contributed by atoms with Gasteiger partial charge in [0.2, 0.25) is 0 Å². The zero-order valence-electron chi connectivity index (χ0n) is 24.4. The molecule has 0 unspecified atom stereocenters. The summed E-state index contributed by atoms with van der Waals surface area (Å²) in [6.07, 6.45) is 1.40. The van der Waals surface area contributed by atoms with Crippen molar-refractivity contribution >= 4 is 39.4 Å². The standard InChI is InChI=1S/C32H32N4O7S/c1-23-9-16-28(17-10-23)44(39,40)36(29-18-15-27(41-2)19-30(29)42-3)21-31(37)35-33-20-24-11-13-26(14-12-24)43-22-32(38)34-25-7-5-4-6-8-25/h4-20H,21-22H2,1-3H3,(H,34,38)(H,35,37)/b33-20-. The summed E-state index contributed by atoms with van der Waals surface area (Å²) in [7, 11) is -1.30. The Morgan fingerprint density at radius 1 is 0.841 bits per heavy atom. The largest absolute Gasteiger partial charge is 0.497 e. The number of hydrogen-bond acceptors (Lipinski definition) is 8. The zero-order chi connectivity index (χ0) is 31.5. The summed E-state index contributed by atoms with van der Waals surface area (Å²) in [5, 5.41) is 6.71. The van der Waals surface area contributed by atoms with Crippen molar-refractivity contribution in [2.75, 3.05) is 37.0 Å². The van der Waals surface area contributed by atoms with Crippen LogP contribution in [-0.4, -0.2) is 53.8 Å². The maximum atomic E-state index is 13.7. The lowest BCUT2D eigenvalue weighted by Crippen LogP contribution is -2.39. The highest BCUT2D eigenvalue weighted by atomic mass is 32.2. The van der Waals surface area contributed by atoms with Crippen LogP contribution in [0.25, 0.3) is 0 Å². The fourth-order valence-electron chi connectivity index (χ4n) is 3.99. The first-order chi connectivity index (χ1) is 21.2. The van der Waals surface area contributed by atoms with Crippen molar-refractivity contribution < 1.29 is 32.2 Å². The van der Waals surface area contributed by atoms with Crippen LogP contribution < -0.4 is 29.3 Å². The van der Waals surface area contributed by atoms with Gasteiger partial charge in [0.1, 0.15) is 23.8 Å². The number of sulfonamides is 1. The summed E-state index contributed by atoms with van der Waals surface area (Å²) >= 11 is 0. The number of rotatable bonds is 13. The maximum absolute atomic E-state index is 13.7. The van der Waals surface area contributed by atoms with Crippen LogP contribution in [0.4, 0.5) is 11.4 Å². The van der Waals surface area contributed by atoms with Gasteiger partial charge in [0.25, 0.3) is 21.8 Å². The van der Waals surface area contributed by atoms with Crippen LogP contribution in [0.15, 0.2) is 107 Å². The topological polar surface area (TPSA) is 136 Å². The highest BCUT2D eigenvalue weighted by Gasteiger charge is 2.29. The van der Waals surface area contributed by atoms with E-state index >= 15 is 0 Å². The predicted molar refractivity (Wildman–Crippen MR) is 168 cm³/mol. The molecule has 0 radical (unpaired) electrons. The van der Waals surface area contributed by atoms with Crippen LogP contribution in [0.3, 0.4) is 0 Å². The number of carbonyl (C=O) groups excluding carboxylic acids is 2. The molecule has 0 saturated heterocycles. The molecular weight excluding hydrogens is 584 g/mol. The summed E-state index contributed by atoms with van der Waals surface area (Å²) in [6.45, 7) is 1.10. The fourth-order valence-corrected chi connectivity index (χ4v) is 5.42. The molecule has 0 aliphatic rings. The van der Waals surface area contributed by atoms with Crippen LogP contribution in [0.5, 0.6) is 17.2 Å². The van der Waals surface area contributed by atoms with Gasteiger partial charge in [-0.3, -0.25) is 13.9 Å². The smallest absolute Gasteiger partial charge is 0.264 e. The number of para-hydroxylation sites is 1. The lowest BCUT2D eigenvalue weighted by molar-refractivity contribution is -0.119. The molecule has 0 aromatic heterocycles. The second-order valence-corrected chi connectivity index (χ2v) is 11.3. The number of amides is 2. The second kappa shape index (κ2) is 14.7. The van der Waals surface area contributed by atoms with Crippen LogP contribution in [0, 0.1) is 6.92 Å². The van der Waals surface area contributed by atoms with Gasteiger partial charge in [-0.15, -0.1) is 0 Å². The molecule has 0 heterocycles. The highest BCUT2D eigenvalue weighted by molar-refractivity contribution is 7.92. The molecule has 0 saturated carbocycles. The number of hydrogen-bond donors (Lipinski definition) is 2. The van der Waals surface area contributed by atoms with Crippen molar-refractivity contribution in [1.82, 2.24) is 5.43 Å². The van der Waals surface area contributed by atoms with Crippen LogP contribution in [-0.2, 0) is 19.6 Å². The van der Waals surface area contributed by atoms with Crippen molar-refractivity contribution in [3.05, 3.63) is 108 Å². The SMILES string of the molecule is COc1ccc(N(CC(=O)N/N=C\c2ccc(OCC(=O)Nc3ccccc3)cc2)S(=O)(=O)c2ccc(C)cc2)c(OC)c1. The van der Waals surface area contributed by atoms with E-state index < -0.39 is 22.5 Å². The van der Waals surface area contributed by atoms with E-state index in [-0.39, 0.29) is 28.8 Å². The van der Waals surface area contributed by atoms with Gasteiger partial charge in [-0.1, -0.05) is 35.9 Å². The first-order valence-corrected chi connectivity index (χ1v) is 14.8. The third-order valence-corrected chi connectivity index (χ3v) is 8.04. The van der Waals surface area contributed by atoms with Crippen LogP contribution in [0.2, 0.25) is 0 Å². The van der Waals surface area contributed by atoms with E-state index in [9.17, 15) is 18.0 Å². The molecule has 44 heavy (non-hydrogen) atoms. The number of benzene rings is 4. The molecule has 12 heteroatoms. The Morgan fingerprint density at radius 3 is 2.18 bits per heavy atom. The van der Waals surface area contributed by atoms with E-state index in [2.05, 4.69) is 15.8 Å². The van der Waals surface area contributed by atoms with Gasteiger partial charge in [0.15, 0.2) is 6.61 Å². The molecule has 4 aromatic rings. The quantitative estimate of drug-likeness (QED) is 0.168. The maximum Gasteiger partial charge on any atom is 0.264 e. The number of aryl methyl sites for hydroxylation is 1. The molecule has 0 bridgehead atoms. The average molecular weight is 617 g/mol. The van der Waals surface area contributed by atoms with Crippen molar-refractivity contribution in [3.8, 4) is 17.2 Å². The molecule has 0 atom stereocenters. The van der Waals surface area contributed by atoms with Gasteiger partial charge in [0.05, 0.1) is 31.0 Å². The summed E-state index contributed by atoms with van der Waals surface area (Å²) in [5.41, 5.74) is 4.72. The third-order valence-electron chi connectivity index (χ3n) is 6.26. The molecule has 2 N–H and O–H groups in total. The van der Waals surface area contributed by atoms with E-state index in [0.29, 0.717) is 22.7 Å². The molecule has 0 aliphatic heterocycles. The van der Waals surface area contributed by atoms with Crippen LogP contribution >= 0.6 is 0 Å². The normalized spacial score (nSPS) is 11.1. The first-order valence-electron chi connectivity index (χ1n) is 13.4. The minimum atomic E-state index is -4.17. The highest BCUT2D eigenvalue weighted by Crippen LogP contribution is 2.35. The summed E-state index contributed by atoms with van der Waals surface area (Å²) < 4.78 is 44.5. The van der Waals surface area contributed by atoms with Crippen molar-refractivity contribution in [3.63, 3.8) is 0 Å². The second-order valence-electron chi connectivity index (χ2n) is 9.43.